The molecule has 1 N–H and O–H groups in total. The van der Waals surface area contributed by atoms with Crippen LogP contribution in [0.25, 0.3) is 21.7 Å². The second-order valence-electron chi connectivity index (χ2n) is 5.71. The Kier molecular flexibility index (Phi) is 3.88. The maximum Gasteiger partial charge on any atom is 0.287 e. The van der Waals surface area contributed by atoms with E-state index in [2.05, 4.69) is 31.3 Å². The topological polar surface area (TPSA) is 42.2 Å². The van der Waals surface area contributed by atoms with E-state index >= 15 is 0 Å². The molecular weight excluding hydrogens is 274 g/mol. The first-order chi connectivity index (χ1) is 10.7. The van der Waals surface area contributed by atoms with Gasteiger partial charge in [0.1, 0.15) is 5.58 Å². The molecule has 0 radical (unpaired) electrons. The fourth-order valence-electron chi connectivity index (χ4n) is 2.91. The summed E-state index contributed by atoms with van der Waals surface area (Å²) in [5, 5.41) is 6.22. The Labute approximate surface area is 130 Å². The van der Waals surface area contributed by atoms with E-state index in [0.717, 1.165) is 40.1 Å². The number of furan rings is 1. The van der Waals surface area contributed by atoms with Gasteiger partial charge in [-0.1, -0.05) is 50.2 Å². The highest BCUT2D eigenvalue weighted by Gasteiger charge is 2.20. The normalized spacial score (nSPS) is 11.5. The van der Waals surface area contributed by atoms with Gasteiger partial charge in [-0.15, -0.1) is 0 Å². The zero-order chi connectivity index (χ0) is 15.7. The lowest BCUT2D eigenvalue weighted by Crippen LogP contribution is -2.33. The zero-order valence-electron chi connectivity index (χ0n) is 13.3. The van der Waals surface area contributed by atoms with Crippen molar-refractivity contribution in [3.05, 3.63) is 47.7 Å². The van der Waals surface area contributed by atoms with Crippen LogP contribution < -0.4 is 5.32 Å². The summed E-state index contributed by atoms with van der Waals surface area (Å²) < 4.78 is 5.95. The van der Waals surface area contributed by atoms with Gasteiger partial charge in [0.25, 0.3) is 5.91 Å². The molecule has 22 heavy (non-hydrogen) atoms. The average molecular weight is 295 g/mol. The minimum Gasteiger partial charge on any atom is -0.450 e. The molecule has 114 valence electrons. The molecule has 1 aromatic heterocycles. The van der Waals surface area contributed by atoms with Gasteiger partial charge >= 0.3 is 0 Å². The third-order valence-electron chi connectivity index (χ3n) is 4.36. The van der Waals surface area contributed by atoms with Crippen molar-refractivity contribution in [3.8, 4) is 0 Å². The molecule has 0 aliphatic rings. The Bertz CT molecular complexity index is 828. The van der Waals surface area contributed by atoms with Crippen molar-refractivity contribution in [1.82, 2.24) is 5.32 Å². The van der Waals surface area contributed by atoms with Crippen molar-refractivity contribution in [2.24, 2.45) is 0 Å². The molecule has 3 heteroatoms. The van der Waals surface area contributed by atoms with Crippen molar-refractivity contribution in [2.75, 3.05) is 0 Å². The summed E-state index contributed by atoms with van der Waals surface area (Å²) in [4.78, 5) is 12.5. The molecule has 0 fully saturated rings. The molecule has 0 spiro atoms. The van der Waals surface area contributed by atoms with Gasteiger partial charge in [0.2, 0.25) is 0 Å². The van der Waals surface area contributed by atoms with E-state index < -0.39 is 0 Å². The summed E-state index contributed by atoms with van der Waals surface area (Å²) in [6.07, 6.45) is 1.84. The van der Waals surface area contributed by atoms with Crippen LogP contribution in [-0.2, 0) is 0 Å². The smallest absolute Gasteiger partial charge is 0.287 e. The van der Waals surface area contributed by atoms with Crippen molar-refractivity contribution in [2.45, 2.75) is 39.7 Å². The van der Waals surface area contributed by atoms with Gasteiger partial charge in [-0.3, -0.25) is 4.79 Å². The quantitative estimate of drug-likeness (QED) is 0.750. The molecule has 3 nitrogen and oxygen atoms in total. The van der Waals surface area contributed by atoms with E-state index in [1.807, 2.05) is 31.2 Å². The highest BCUT2D eigenvalue weighted by Crippen LogP contribution is 2.31. The summed E-state index contributed by atoms with van der Waals surface area (Å²) in [6.45, 7) is 6.10. The van der Waals surface area contributed by atoms with Crippen LogP contribution in [0.4, 0.5) is 0 Å². The largest absolute Gasteiger partial charge is 0.450 e. The lowest BCUT2D eigenvalue weighted by atomic mass is 10.1. The number of aryl methyl sites for hydroxylation is 1. The predicted molar refractivity (Wildman–Crippen MR) is 90.3 cm³/mol. The fourth-order valence-corrected chi connectivity index (χ4v) is 2.91. The van der Waals surface area contributed by atoms with Gasteiger partial charge in [-0.05, 0) is 25.2 Å². The van der Waals surface area contributed by atoms with E-state index in [1.165, 1.54) is 0 Å². The summed E-state index contributed by atoms with van der Waals surface area (Å²) in [6, 6.07) is 12.4. The number of carbonyl (C=O) groups is 1. The van der Waals surface area contributed by atoms with Crippen LogP contribution in [0.1, 0.15) is 42.8 Å². The fraction of sp³-hybridized carbons (Fsp3) is 0.316. The Morgan fingerprint density at radius 3 is 2.55 bits per heavy atom. The molecule has 2 aromatic carbocycles. The third kappa shape index (κ3) is 2.37. The first-order valence-corrected chi connectivity index (χ1v) is 7.87. The Morgan fingerprint density at radius 2 is 1.82 bits per heavy atom. The SMILES string of the molecule is CCC(CC)NC(=O)c1oc2c(ccc3ccccc32)c1C. The van der Waals surface area contributed by atoms with Gasteiger partial charge in [0.15, 0.2) is 5.76 Å². The van der Waals surface area contributed by atoms with Gasteiger partial charge in [-0.2, -0.15) is 0 Å². The Morgan fingerprint density at radius 1 is 1.09 bits per heavy atom. The van der Waals surface area contributed by atoms with Crippen molar-refractivity contribution < 1.29 is 9.21 Å². The monoisotopic (exact) mass is 295 g/mol. The molecule has 0 aliphatic carbocycles. The van der Waals surface area contributed by atoms with E-state index in [9.17, 15) is 4.79 Å². The lowest BCUT2D eigenvalue weighted by molar-refractivity contribution is 0.0908. The van der Waals surface area contributed by atoms with Crippen LogP contribution in [0.15, 0.2) is 40.8 Å². The minimum atomic E-state index is -0.119. The molecule has 3 aromatic rings. The number of hydrogen-bond acceptors (Lipinski definition) is 2. The van der Waals surface area contributed by atoms with Crippen LogP contribution in [0.3, 0.4) is 0 Å². The van der Waals surface area contributed by atoms with Crippen LogP contribution in [0.2, 0.25) is 0 Å². The van der Waals surface area contributed by atoms with Crippen molar-refractivity contribution in [3.63, 3.8) is 0 Å². The van der Waals surface area contributed by atoms with Crippen molar-refractivity contribution >= 4 is 27.6 Å². The van der Waals surface area contributed by atoms with Crippen LogP contribution >= 0.6 is 0 Å². The number of carbonyl (C=O) groups excluding carboxylic acids is 1. The predicted octanol–water partition coefficient (Wildman–Crippen LogP) is 4.81. The number of nitrogens with one attached hydrogen (secondary N) is 1. The van der Waals surface area contributed by atoms with Crippen LogP contribution in [0, 0.1) is 6.92 Å². The maximum atomic E-state index is 12.5. The highest BCUT2D eigenvalue weighted by molar-refractivity contribution is 6.08. The second kappa shape index (κ2) is 5.84. The number of benzene rings is 2. The van der Waals surface area contributed by atoms with Crippen LogP contribution in [-0.4, -0.2) is 11.9 Å². The van der Waals surface area contributed by atoms with Crippen molar-refractivity contribution in [1.29, 1.82) is 0 Å². The van der Waals surface area contributed by atoms with E-state index in [1.54, 1.807) is 0 Å². The number of rotatable bonds is 4. The molecule has 3 rings (SSSR count). The lowest BCUT2D eigenvalue weighted by Gasteiger charge is -2.13. The summed E-state index contributed by atoms with van der Waals surface area (Å²) >= 11 is 0. The molecule has 0 saturated carbocycles. The standard InChI is InChI=1S/C19H21NO2/c1-4-14(5-2)20-19(21)17-12(3)15-11-10-13-8-6-7-9-16(13)18(15)22-17/h6-11,14H,4-5H2,1-3H3,(H,20,21). The average Bonchev–Trinajstić information content (AvgIpc) is 2.90. The molecule has 0 bridgehead atoms. The summed E-state index contributed by atoms with van der Waals surface area (Å²) in [5.74, 6) is 0.310. The molecule has 0 saturated heterocycles. The van der Waals surface area contributed by atoms with Gasteiger partial charge in [0, 0.05) is 22.4 Å². The Hall–Kier alpha value is -2.29. The molecule has 1 heterocycles. The second-order valence-corrected chi connectivity index (χ2v) is 5.71. The molecule has 0 unspecified atom stereocenters. The van der Waals surface area contributed by atoms with Gasteiger partial charge in [0.05, 0.1) is 0 Å². The minimum absolute atomic E-state index is 0.119. The molecule has 0 atom stereocenters. The maximum absolute atomic E-state index is 12.5. The number of hydrogen-bond donors (Lipinski definition) is 1. The highest BCUT2D eigenvalue weighted by atomic mass is 16.3. The molecule has 1 amide bonds. The van der Waals surface area contributed by atoms with E-state index in [-0.39, 0.29) is 11.9 Å². The third-order valence-corrected chi connectivity index (χ3v) is 4.36. The van der Waals surface area contributed by atoms with Gasteiger partial charge < -0.3 is 9.73 Å². The molecular formula is C19H21NO2. The first kappa shape index (κ1) is 14.6. The summed E-state index contributed by atoms with van der Waals surface area (Å²) in [7, 11) is 0. The zero-order valence-corrected chi connectivity index (χ0v) is 13.3. The van der Waals surface area contributed by atoms with Gasteiger partial charge in [-0.25, -0.2) is 0 Å². The van der Waals surface area contributed by atoms with Crippen LogP contribution in [0.5, 0.6) is 0 Å². The molecule has 0 aliphatic heterocycles. The van der Waals surface area contributed by atoms with E-state index in [4.69, 9.17) is 4.42 Å². The number of amides is 1. The van der Waals surface area contributed by atoms with E-state index in [0.29, 0.717) is 5.76 Å². The summed E-state index contributed by atoms with van der Waals surface area (Å²) in [5.41, 5.74) is 1.70. The Balaban J connectivity index is 2.09. The number of fused-ring (bicyclic) bond motifs is 3. The first-order valence-electron chi connectivity index (χ1n) is 7.87.